The van der Waals surface area contributed by atoms with Crippen LogP contribution in [0.25, 0.3) is 0 Å². The summed E-state index contributed by atoms with van der Waals surface area (Å²) in [4.78, 5) is 4.23. The molecule has 1 atom stereocenters. The van der Waals surface area contributed by atoms with Crippen LogP contribution in [0.2, 0.25) is 0 Å². The van der Waals surface area contributed by atoms with Crippen LogP contribution in [0.5, 0.6) is 5.75 Å². The Hall–Kier alpha value is -1.97. The van der Waals surface area contributed by atoms with Crippen molar-refractivity contribution in [3.05, 3.63) is 42.0 Å². The Morgan fingerprint density at radius 1 is 1.23 bits per heavy atom. The second-order valence-corrected chi connectivity index (χ2v) is 5.25. The van der Waals surface area contributed by atoms with Crippen LogP contribution < -0.4 is 15.4 Å². The highest BCUT2D eigenvalue weighted by atomic mass is 16.5. The Balaban J connectivity index is 2.31. The van der Waals surface area contributed by atoms with Crippen molar-refractivity contribution in [3.8, 4) is 5.75 Å². The number of allylic oxidation sites excluding steroid dienone is 1. The first-order chi connectivity index (χ1) is 10.7. The standard InChI is InChI=1S/C18H29N3O/c1-5-6-7-13-20-18(19-3)21-14-12-15(2)16-8-10-17(22-4)11-9-16/h5-6,8-11,15H,7,12-14H2,1-4H3,(H2,19,20,21)/b6-5+. The average molecular weight is 303 g/mol. The van der Waals surface area contributed by atoms with Gasteiger partial charge in [0.05, 0.1) is 7.11 Å². The van der Waals surface area contributed by atoms with Crippen LogP contribution in [0, 0.1) is 0 Å². The van der Waals surface area contributed by atoms with E-state index >= 15 is 0 Å². The molecule has 4 nitrogen and oxygen atoms in total. The number of guanidine groups is 1. The van der Waals surface area contributed by atoms with Crippen LogP contribution in [0.1, 0.15) is 38.2 Å². The smallest absolute Gasteiger partial charge is 0.190 e. The van der Waals surface area contributed by atoms with E-state index in [1.807, 2.05) is 19.1 Å². The first kappa shape index (κ1) is 18.1. The maximum Gasteiger partial charge on any atom is 0.190 e. The lowest BCUT2D eigenvalue weighted by Crippen LogP contribution is -2.38. The predicted octanol–water partition coefficient (Wildman–Crippen LogP) is 3.32. The summed E-state index contributed by atoms with van der Waals surface area (Å²) < 4.78 is 5.19. The molecule has 122 valence electrons. The third-order valence-corrected chi connectivity index (χ3v) is 3.62. The molecule has 0 saturated heterocycles. The molecule has 0 bridgehead atoms. The number of aliphatic imine (C=N–C) groups is 1. The number of nitrogens with one attached hydrogen (secondary N) is 2. The Bertz CT molecular complexity index is 466. The minimum absolute atomic E-state index is 0.500. The van der Waals surface area contributed by atoms with Crippen molar-refractivity contribution in [2.75, 3.05) is 27.2 Å². The second kappa shape index (κ2) is 10.7. The van der Waals surface area contributed by atoms with Crippen molar-refractivity contribution in [2.24, 2.45) is 4.99 Å². The lowest BCUT2D eigenvalue weighted by Gasteiger charge is -2.15. The van der Waals surface area contributed by atoms with Gasteiger partial charge in [-0.1, -0.05) is 31.2 Å². The molecule has 1 aromatic carbocycles. The number of benzene rings is 1. The minimum atomic E-state index is 0.500. The quantitative estimate of drug-likeness (QED) is 0.335. The summed E-state index contributed by atoms with van der Waals surface area (Å²) in [6.07, 6.45) is 6.28. The van der Waals surface area contributed by atoms with Gasteiger partial charge in [-0.15, -0.1) is 0 Å². The van der Waals surface area contributed by atoms with Gasteiger partial charge in [0.2, 0.25) is 0 Å². The SMILES string of the molecule is C/C=C/CCNC(=NC)NCCC(C)c1ccc(OC)cc1. The van der Waals surface area contributed by atoms with Gasteiger partial charge in [-0.25, -0.2) is 0 Å². The number of rotatable bonds is 8. The van der Waals surface area contributed by atoms with Gasteiger partial charge in [0.15, 0.2) is 5.96 Å². The third-order valence-electron chi connectivity index (χ3n) is 3.62. The Morgan fingerprint density at radius 3 is 2.50 bits per heavy atom. The van der Waals surface area contributed by atoms with Crippen molar-refractivity contribution in [3.63, 3.8) is 0 Å². The van der Waals surface area contributed by atoms with Crippen LogP contribution >= 0.6 is 0 Å². The molecular formula is C18H29N3O. The Kier molecular flexibility index (Phi) is 8.80. The number of nitrogens with zero attached hydrogens (tertiary/aromatic N) is 1. The molecule has 0 aliphatic heterocycles. The number of hydrogen-bond acceptors (Lipinski definition) is 2. The lowest BCUT2D eigenvalue weighted by molar-refractivity contribution is 0.414. The molecule has 0 aromatic heterocycles. The fourth-order valence-corrected chi connectivity index (χ4v) is 2.17. The van der Waals surface area contributed by atoms with Crippen LogP contribution in [-0.2, 0) is 0 Å². The molecule has 0 radical (unpaired) electrons. The van der Waals surface area contributed by atoms with Gasteiger partial charge >= 0.3 is 0 Å². The Labute approximate surface area is 134 Å². The highest BCUT2D eigenvalue weighted by Crippen LogP contribution is 2.21. The van der Waals surface area contributed by atoms with E-state index in [9.17, 15) is 0 Å². The van der Waals surface area contributed by atoms with E-state index in [1.165, 1.54) is 5.56 Å². The van der Waals surface area contributed by atoms with Gasteiger partial charge in [0.25, 0.3) is 0 Å². The summed E-state index contributed by atoms with van der Waals surface area (Å²) in [5, 5.41) is 6.66. The van der Waals surface area contributed by atoms with Crippen LogP contribution in [0.15, 0.2) is 41.4 Å². The van der Waals surface area contributed by atoms with Gasteiger partial charge in [0.1, 0.15) is 5.75 Å². The number of methoxy groups -OCH3 is 1. The third kappa shape index (κ3) is 6.66. The monoisotopic (exact) mass is 303 g/mol. The molecule has 0 amide bonds. The zero-order valence-electron chi connectivity index (χ0n) is 14.2. The van der Waals surface area contributed by atoms with Gasteiger partial charge in [-0.2, -0.15) is 0 Å². The molecule has 1 aromatic rings. The second-order valence-electron chi connectivity index (χ2n) is 5.25. The maximum absolute atomic E-state index is 5.19. The lowest BCUT2D eigenvalue weighted by atomic mass is 9.98. The topological polar surface area (TPSA) is 45.7 Å². The highest BCUT2D eigenvalue weighted by Gasteiger charge is 2.06. The summed E-state index contributed by atoms with van der Waals surface area (Å²) in [6.45, 7) is 6.08. The number of ether oxygens (including phenoxy) is 1. The highest BCUT2D eigenvalue weighted by molar-refractivity contribution is 5.79. The molecule has 0 aliphatic carbocycles. The molecule has 0 aliphatic rings. The van der Waals surface area contributed by atoms with Gasteiger partial charge in [0, 0.05) is 20.1 Å². The largest absolute Gasteiger partial charge is 0.497 e. The molecule has 4 heteroatoms. The molecular weight excluding hydrogens is 274 g/mol. The predicted molar refractivity (Wildman–Crippen MR) is 94.8 cm³/mol. The van der Waals surface area contributed by atoms with Gasteiger partial charge in [-0.05, 0) is 43.4 Å². The van der Waals surface area contributed by atoms with E-state index in [2.05, 4.69) is 46.8 Å². The van der Waals surface area contributed by atoms with Crippen LogP contribution in [-0.4, -0.2) is 33.2 Å². The minimum Gasteiger partial charge on any atom is -0.497 e. The normalized spacial score (nSPS) is 13.2. The van der Waals surface area contributed by atoms with Crippen molar-refractivity contribution >= 4 is 5.96 Å². The summed E-state index contributed by atoms with van der Waals surface area (Å²) in [7, 11) is 3.50. The van der Waals surface area contributed by atoms with Crippen molar-refractivity contribution in [1.82, 2.24) is 10.6 Å². The van der Waals surface area contributed by atoms with Crippen molar-refractivity contribution in [1.29, 1.82) is 0 Å². The van der Waals surface area contributed by atoms with Gasteiger partial charge < -0.3 is 15.4 Å². The molecule has 1 unspecified atom stereocenters. The molecule has 1 rings (SSSR count). The first-order valence-corrected chi connectivity index (χ1v) is 7.90. The first-order valence-electron chi connectivity index (χ1n) is 7.90. The molecule has 0 spiro atoms. The van der Waals surface area contributed by atoms with E-state index in [0.29, 0.717) is 5.92 Å². The van der Waals surface area contributed by atoms with E-state index in [1.54, 1.807) is 14.2 Å². The van der Waals surface area contributed by atoms with Crippen LogP contribution in [0.3, 0.4) is 0 Å². The Morgan fingerprint density at radius 2 is 1.91 bits per heavy atom. The summed E-state index contributed by atoms with van der Waals surface area (Å²) in [6, 6.07) is 8.29. The average Bonchev–Trinajstić information content (AvgIpc) is 2.57. The summed E-state index contributed by atoms with van der Waals surface area (Å²) in [5.41, 5.74) is 1.33. The van der Waals surface area contributed by atoms with Crippen molar-refractivity contribution < 1.29 is 4.74 Å². The zero-order chi connectivity index (χ0) is 16.2. The molecule has 0 heterocycles. The molecule has 0 saturated carbocycles. The maximum atomic E-state index is 5.19. The fourth-order valence-electron chi connectivity index (χ4n) is 2.17. The van der Waals surface area contributed by atoms with E-state index in [-0.39, 0.29) is 0 Å². The summed E-state index contributed by atoms with van der Waals surface area (Å²) >= 11 is 0. The van der Waals surface area contributed by atoms with Crippen LogP contribution in [0.4, 0.5) is 0 Å². The molecule has 0 fully saturated rings. The molecule has 2 N–H and O–H groups in total. The zero-order valence-corrected chi connectivity index (χ0v) is 14.2. The van der Waals surface area contributed by atoms with E-state index in [0.717, 1.165) is 37.6 Å². The number of hydrogen-bond donors (Lipinski definition) is 2. The van der Waals surface area contributed by atoms with Crippen molar-refractivity contribution in [2.45, 2.75) is 32.6 Å². The van der Waals surface area contributed by atoms with E-state index < -0.39 is 0 Å². The van der Waals surface area contributed by atoms with Gasteiger partial charge in [-0.3, -0.25) is 4.99 Å². The van der Waals surface area contributed by atoms with E-state index in [4.69, 9.17) is 4.74 Å². The fraction of sp³-hybridized carbons (Fsp3) is 0.500. The molecule has 22 heavy (non-hydrogen) atoms. The summed E-state index contributed by atoms with van der Waals surface area (Å²) in [5.74, 6) is 2.27.